The molecule has 8 heteroatoms. The molecule has 3 rings (SSSR count). The highest BCUT2D eigenvalue weighted by Gasteiger charge is 2.14. The lowest BCUT2D eigenvalue weighted by atomic mass is 10.2. The lowest BCUT2D eigenvalue weighted by Gasteiger charge is -2.13. The zero-order valence-corrected chi connectivity index (χ0v) is 17.3. The molecule has 2 heterocycles. The van der Waals surface area contributed by atoms with Crippen LogP contribution in [0.2, 0.25) is 0 Å². The second kappa shape index (κ2) is 9.67. The number of carboxylic acids is 1. The Kier molecular flexibility index (Phi) is 7.00. The van der Waals surface area contributed by atoms with Gasteiger partial charge in [-0.3, -0.25) is 9.36 Å². The Morgan fingerprint density at radius 3 is 2.66 bits per heavy atom. The summed E-state index contributed by atoms with van der Waals surface area (Å²) in [5.74, 6) is 0.350. The van der Waals surface area contributed by atoms with E-state index in [1.165, 1.54) is 12.1 Å². The molecule has 2 aromatic heterocycles. The van der Waals surface area contributed by atoms with Crippen LogP contribution in [0, 0.1) is 0 Å². The van der Waals surface area contributed by atoms with Gasteiger partial charge in [-0.2, -0.15) is 0 Å². The highest BCUT2D eigenvalue weighted by molar-refractivity contribution is 7.18. The van der Waals surface area contributed by atoms with Crippen LogP contribution in [0.25, 0.3) is 10.2 Å². The number of hydrogen-bond donors (Lipinski definition) is 1. The molecule has 0 unspecified atom stereocenters. The largest absolute Gasteiger partial charge is 0.494 e. The van der Waals surface area contributed by atoms with E-state index in [1.54, 1.807) is 35.1 Å². The highest BCUT2D eigenvalue weighted by Crippen LogP contribution is 2.22. The van der Waals surface area contributed by atoms with Crippen LogP contribution in [-0.2, 0) is 24.1 Å². The number of ether oxygens (including phenoxy) is 2. The van der Waals surface area contributed by atoms with Gasteiger partial charge in [0.15, 0.2) is 0 Å². The fourth-order valence-electron chi connectivity index (χ4n) is 3.00. The summed E-state index contributed by atoms with van der Waals surface area (Å²) in [6.07, 6.45) is 2.07. The number of benzene rings is 1. The molecule has 0 aliphatic rings. The van der Waals surface area contributed by atoms with Gasteiger partial charge in [0.25, 0.3) is 5.56 Å². The lowest BCUT2D eigenvalue weighted by Crippen LogP contribution is -2.26. The third kappa shape index (κ3) is 5.02. The third-order valence-electron chi connectivity index (χ3n) is 4.56. The van der Waals surface area contributed by atoms with E-state index in [9.17, 15) is 9.59 Å². The van der Waals surface area contributed by atoms with E-state index in [0.29, 0.717) is 43.7 Å². The van der Waals surface area contributed by atoms with Gasteiger partial charge < -0.3 is 14.6 Å². The average molecular weight is 416 g/mol. The number of nitrogens with zero attached hydrogens (tertiary/aromatic N) is 2. The maximum absolute atomic E-state index is 13.0. The summed E-state index contributed by atoms with van der Waals surface area (Å²) in [4.78, 5) is 30.5. The Bertz CT molecular complexity index is 1040. The standard InChI is InChI=1S/C21H24N2O5S/c1-3-16-13-17-19(29-16)22-18(9-12-27-2)23(20(17)24)10-4-11-28-15-7-5-14(6-8-15)21(25)26/h5-8,13H,3-4,9-12H2,1-2H3,(H,25,26). The van der Waals surface area contributed by atoms with E-state index in [4.69, 9.17) is 19.6 Å². The van der Waals surface area contributed by atoms with Crippen LogP contribution in [0.1, 0.15) is 34.4 Å². The normalized spacial score (nSPS) is 11.1. The van der Waals surface area contributed by atoms with Crippen molar-refractivity contribution in [1.82, 2.24) is 9.55 Å². The van der Waals surface area contributed by atoms with Crippen molar-refractivity contribution in [2.75, 3.05) is 20.3 Å². The van der Waals surface area contributed by atoms with Gasteiger partial charge in [0.1, 0.15) is 16.4 Å². The number of aryl methyl sites for hydroxylation is 1. The zero-order chi connectivity index (χ0) is 20.8. The minimum Gasteiger partial charge on any atom is -0.494 e. The Labute approximate surface area is 172 Å². The van der Waals surface area contributed by atoms with Crippen LogP contribution in [0.3, 0.4) is 0 Å². The molecule has 0 atom stereocenters. The summed E-state index contributed by atoms with van der Waals surface area (Å²) in [6, 6.07) is 8.21. The van der Waals surface area contributed by atoms with E-state index in [-0.39, 0.29) is 11.1 Å². The Morgan fingerprint density at radius 2 is 2.00 bits per heavy atom. The summed E-state index contributed by atoms with van der Waals surface area (Å²) in [5.41, 5.74) is 0.191. The predicted molar refractivity (Wildman–Crippen MR) is 112 cm³/mol. The molecule has 0 fully saturated rings. The zero-order valence-electron chi connectivity index (χ0n) is 16.5. The molecule has 7 nitrogen and oxygen atoms in total. The van der Waals surface area contributed by atoms with E-state index in [1.807, 2.05) is 6.07 Å². The minimum absolute atomic E-state index is 0.0251. The summed E-state index contributed by atoms with van der Waals surface area (Å²) < 4.78 is 12.6. The number of methoxy groups -OCH3 is 1. The SMILES string of the molecule is CCc1cc2c(=O)n(CCCOc3ccc(C(=O)O)cc3)c(CCOC)nc2s1. The smallest absolute Gasteiger partial charge is 0.335 e. The lowest BCUT2D eigenvalue weighted by molar-refractivity contribution is 0.0697. The minimum atomic E-state index is -0.970. The van der Waals surface area contributed by atoms with Gasteiger partial charge in [0.05, 0.1) is 24.2 Å². The Balaban J connectivity index is 1.71. The summed E-state index contributed by atoms with van der Waals surface area (Å²) in [7, 11) is 1.63. The van der Waals surface area contributed by atoms with Crippen molar-refractivity contribution in [3.63, 3.8) is 0 Å². The first-order chi connectivity index (χ1) is 14.0. The number of thiophene rings is 1. The van der Waals surface area contributed by atoms with E-state index < -0.39 is 5.97 Å². The van der Waals surface area contributed by atoms with Gasteiger partial charge in [-0.05, 0) is 43.2 Å². The van der Waals surface area contributed by atoms with Crippen molar-refractivity contribution < 1.29 is 19.4 Å². The maximum atomic E-state index is 13.0. The van der Waals surface area contributed by atoms with Crippen molar-refractivity contribution in [2.24, 2.45) is 0 Å². The van der Waals surface area contributed by atoms with Crippen molar-refractivity contribution in [3.8, 4) is 5.75 Å². The van der Waals surface area contributed by atoms with Gasteiger partial charge in [-0.15, -0.1) is 11.3 Å². The summed E-state index contributed by atoms with van der Waals surface area (Å²) in [6.45, 7) is 3.46. The molecule has 3 aromatic rings. The molecular formula is C21H24N2O5S. The second-order valence-corrected chi connectivity index (χ2v) is 7.66. The average Bonchev–Trinajstić information content (AvgIpc) is 3.15. The van der Waals surface area contributed by atoms with Gasteiger partial charge in [0.2, 0.25) is 0 Å². The third-order valence-corrected chi connectivity index (χ3v) is 5.73. The molecular weight excluding hydrogens is 392 g/mol. The van der Waals surface area contributed by atoms with E-state index >= 15 is 0 Å². The molecule has 0 bridgehead atoms. The molecule has 0 amide bonds. The van der Waals surface area contributed by atoms with Gasteiger partial charge >= 0.3 is 5.97 Å². The first-order valence-corrected chi connectivity index (χ1v) is 10.3. The van der Waals surface area contributed by atoms with Gasteiger partial charge in [-0.25, -0.2) is 9.78 Å². The number of rotatable bonds is 10. The molecule has 0 radical (unpaired) electrons. The topological polar surface area (TPSA) is 90.7 Å². The molecule has 1 aromatic carbocycles. The number of fused-ring (bicyclic) bond motifs is 1. The fourth-order valence-corrected chi connectivity index (χ4v) is 3.98. The molecule has 0 aliphatic carbocycles. The van der Waals surface area contributed by atoms with Crippen molar-refractivity contribution >= 4 is 27.5 Å². The maximum Gasteiger partial charge on any atom is 0.335 e. The molecule has 29 heavy (non-hydrogen) atoms. The quantitative estimate of drug-likeness (QED) is 0.510. The first-order valence-electron chi connectivity index (χ1n) is 9.50. The number of aromatic nitrogens is 2. The predicted octanol–water partition coefficient (Wildman–Crippen LogP) is 3.38. The summed E-state index contributed by atoms with van der Waals surface area (Å²) >= 11 is 1.56. The Hall–Kier alpha value is -2.71. The van der Waals surface area contributed by atoms with E-state index in [2.05, 4.69) is 6.92 Å². The molecule has 0 saturated heterocycles. The number of hydrogen-bond acceptors (Lipinski definition) is 6. The molecule has 1 N–H and O–H groups in total. The number of carbonyl (C=O) groups is 1. The van der Waals surface area contributed by atoms with Crippen molar-refractivity contribution in [3.05, 3.63) is 57.0 Å². The second-order valence-electron chi connectivity index (χ2n) is 6.54. The molecule has 0 saturated carbocycles. The Morgan fingerprint density at radius 1 is 1.24 bits per heavy atom. The molecule has 0 aliphatic heterocycles. The fraction of sp³-hybridized carbons (Fsp3) is 0.381. The van der Waals surface area contributed by atoms with Crippen LogP contribution in [-0.4, -0.2) is 41.0 Å². The van der Waals surface area contributed by atoms with Crippen molar-refractivity contribution in [1.29, 1.82) is 0 Å². The van der Waals surface area contributed by atoms with Crippen LogP contribution in [0.4, 0.5) is 0 Å². The van der Waals surface area contributed by atoms with Gasteiger partial charge in [-0.1, -0.05) is 6.92 Å². The van der Waals surface area contributed by atoms with E-state index in [0.717, 1.165) is 22.0 Å². The molecule has 154 valence electrons. The van der Waals surface area contributed by atoms with Gasteiger partial charge in [0, 0.05) is 25.0 Å². The summed E-state index contributed by atoms with van der Waals surface area (Å²) in [5, 5.41) is 9.60. The highest BCUT2D eigenvalue weighted by atomic mass is 32.1. The first kappa shape index (κ1) is 21.0. The molecule has 0 spiro atoms. The van der Waals surface area contributed by atoms with Crippen LogP contribution >= 0.6 is 11.3 Å². The van der Waals surface area contributed by atoms with Crippen molar-refractivity contribution in [2.45, 2.75) is 32.7 Å². The number of carboxylic acid groups (broad SMARTS) is 1. The van der Waals surface area contributed by atoms with Crippen LogP contribution in [0.15, 0.2) is 35.1 Å². The van der Waals surface area contributed by atoms with Crippen LogP contribution < -0.4 is 10.3 Å². The monoisotopic (exact) mass is 416 g/mol. The van der Waals surface area contributed by atoms with Crippen LogP contribution in [0.5, 0.6) is 5.75 Å². The number of aromatic carboxylic acids is 1.